The Kier molecular flexibility index (Phi) is 11.7. The summed E-state index contributed by atoms with van der Waals surface area (Å²) in [7, 11) is 2.12. The van der Waals surface area contributed by atoms with Gasteiger partial charge in [-0.25, -0.2) is 9.78 Å². The van der Waals surface area contributed by atoms with E-state index in [9.17, 15) is 19.2 Å². The lowest BCUT2D eigenvalue weighted by molar-refractivity contribution is -0.132. The number of piperazine rings is 1. The van der Waals surface area contributed by atoms with E-state index in [1.807, 2.05) is 17.5 Å². The Balaban J connectivity index is 1.16. The molecule has 0 spiro atoms. The van der Waals surface area contributed by atoms with Crippen LogP contribution in [0.25, 0.3) is 22.2 Å². The van der Waals surface area contributed by atoms with E-state index in [1.165, 1.54) is 6.07 Å². The van der Waals surface area contributed by atoms with Crippen LogP contribution in [0.5, 0.6) is 0 Å². The Morgan fingerprint density at radius 3 is 2.47 bits per heavy atom. The number of hydrogen-bond donors (Lipinski definition) is 5. The van der Waals surface area contributed by atoms with Crippen molar-refractivity contribution in [1.82, 2.24) is 20.5 Å². The number of anilines is 2. The van der Waals surface area contributed by atoms with Crippen molar-refractivity contribution in [3.05, 3.63) is 75.5 Å². The molecule has 2 aromatic carbocycles. The normalized spacial score (nSPS) is 16.5. The van der Waals surface area contributed by atoms with Crippen molar-refractivity contribution >= 4 is 56.8 Å². The van der Waals surface area contributed by atoms with E-state index >= 15 is 0 Å². The van der Waals surface area contributed by atoms with Gasteiger partial charge in [-0.15, -0.1) is 11.3 Å². The summed E-state index contributed by atoms with van der Waals surface area (Å²) < 4.78 is 5.28. The number of thiazole rings is 1. The first-order valence-corrected chi connectivity index (χ1v) is 18.9. The number of nitrogens with zero attached hydrogens (tertiary/aromatic N) is 4. The number of guanidine groups is 1. The molecule has 7 N–H and O–H groups in total. The van der Waals surface area contributed by atoms with Crippen LogP contribution in [-0.4, -0.2) is 84.9 Å². The minimum atomic E-state index is -1.20. The second-order valence-corrected chi connectivity index (χ2v) is 14.7. The first kappa shape index (κ1) is 37.5. The van der Waals surface area contributed by atoms with Crippen molar-refractivity contribution in [1.29, 1.82) is 0 Å². The van der Waals surface area contributed by atoms with E-state index in [4.69, 9.17) is 20.9 Å². The third-order valence-corrected chi connectivity index (χ3v) is 10.9. The molecule has 1 saturated heterocycles. The first-order chi connectivity index (χ1) is 25.5. The number of amides is 3. The lowest BCUT2D eigenvalue weighted by Gasteiger charge is -2.37. The summed E-state index contributed by atoms with van der Waals surface area (Å²) in [5.74, 6) is -1.29. The molecule has 2 aromatic heterocycles. The Bertz CT molecular complexity index is 2030. The van der Waals surface area contributed by atoms with Crippen LogP contribution in [0, 0.1) is 6.92 Å². The van der Waals surface area contributed by atoms with Crippen molar-refractivity contribution in [2.45, 2.75) is 63.5 Å². The fourth-order valence-corrected chi connectivity index (χ4v) is 7.77. The second-order valence-electron chi connectivity index (χ2n) is 13.9. The van der Waals surface area contributed by atoms with Crippen LogP contribution >= 0.6 is 11.3 Å². The molecule has 53 heavy (non-hydrogen) atoms. The molecule has 4 aromatic rings. The van der Waals surface area contributed by atoms with E-state index in [2.05, 4.69) is 37.8 Å². The molecule has 1 aliphatic heterocycles. The lowest BCUT2D eigenvalue weighted by atomic mass is 9.80. The van der Waals surface area contributed by atoms with Gasteiger partial charge in [-0.2, -0.15) is 0 Å². The van der Waals surface area contributed by atoms with E-state index < -0.39 is 29.0 Å². The zero-order chi connectivity index (χ0) is 37.5. The molecule has 6 rings (SSSR count). The van der Waals surface area contributed by atoms with Gasteiger partial charge in [0.2, 0.25) is 11.8 Å². The number of benzene rings is 2. The van der Waals surface area contributed by atoms with Crippen molar-refractivity contribution < 1.29 is 18.8 Å². The van der Waals surface area contributed by atoms with Gasteiger partial charge in [0.25, 0.3) is 5.91 Å². The average molecular weight is 742 g/mol. The molecule has 280 valence electrons. The van der Waals surface area contributed by atoms with Gasteiger partial charge in [-0.1, -0.05) is 31.4 Å². The number of aryl methyl sites for hydroxylation is 1. The average Bonchev–Trinajstić information content (AvgIpc) is 3.64. The molecule has 2 aliphatic rings. The maximum Gasteiger partial charge on any atom is 0.336 e. The molecule has 1 unspecified atom stereocenters. The largest absolute Gasteiger partial charge is 0.423 e. The zero-order valence-electron chi connectivity index (χ0n) is 30.2. The van der Waals surface area contributed by atoms with Crippen LogP contribution < -0.4 is 37.9 Å². The number of fused-ring (bicyclic) bond motifs is 1. The van der Waals surface area contributed by atoms with Crippen LogP contribution in [0.4, 0.5) is 10.8 Å². The number of nitrogens with one attached hydrogen (secondary N) is 3. The Morgan fingerprint density at radius 2 is 1.75 bits per heavy atom. The fraction of sp³-hybridized carbons (Fsp3) is 0.421. The summed E-state index contributed by atoms with van der Waals surface area (Å²) in [6.45, 7) is 5.93. The topological polar surface area (TPSA) is 201 Å². The number of likely N-dealkylation sites (N-methyl/N-ethyl adjacent to an activating group) is 1. The number of aromatic nitrogens is 1. The summed E-state index contributed by atoms with van der Waals surface area (Å²) in [6, 6.07) is 12.7. The summed E-state index contributed by atoms with van der Waals surface area (Å²) in [5.41, 5.74) is 13.1. The van der Waals surface area contributed by atoms with Gasteiger partial charge in [-0.3, -0.25) is 19.4 Å². The SMILES string of the molecule is Cc1cc(=O)oc2ccc(NC(=O)C(CCCN=C(N)N)NC(=O)C3(NC(=O)c4ccc(-c5csc(N6CCN(C)CC6)n5)cc4)CCCCC3)cc12. The molecule has 3 heterocycles. The van der Waals surface area contributed by atoms with Crippen molar-refractivity contribution in [2.24, 2.45) is 16.5 Å². The van der Waals surface area contributed by atoms with Crippen LogP contribution in [-0.2, 0) is 9.59 Å². The summed E-state index contributed by atoms with van der Waals surface area (Å²) >= 11 is 1.62. The predicted molar refractivity (Wildman–Crippen MR) is 208 cm³/mol. The van der Waals surface area contributed by atoms with Crippen molar-refractivity contribution in [3.8, 4) is 11.3 Å². The van der Waals surface area contributed by atoms with Crippen LogP contribution in [0.3, 0.4) is 0 Å². The van der Waals surface area contributed by atoms with Gasteiger partial charge in [0.1, 0.15) is 17.2 Å². The highest BCUT2D eigenvalue weighted by Gasteiger charge is 2.42. The van der Waals surface area contributed by atoms with Crippen molar-refractivity contribution in [3.63, 3.8) is 0 Å². The van der Waals surface area contributed by atoms with Crippen LogP contribution in [0.1, 0.15) is 60.9 Å². The van der Waals surface area contributed by atoms with Crippen molar-refractivity contribution in [2.75, 3.05) is 50.0 Å². The van der Waals surface area contributed by atoms with E-state index in [1.54, 1.807) is 48.6 Å². The molecular weight excluding hydrogens is 695 g/mol. The Hall–Kier alpha value is -5.28. The Labute approximate surface area is 312 Å². The summed E-state index contributed by atoms with van der Waals surface area (Å²) in [4.78, 5) is 67.0. The molecule has 0 radical (unpaired) electrons. The smallest absolute Gasteiger partial charge is 0.336 e. The number of carbonyl (C=O) groups excluding carboxylic acids is 3. The van der Waals surface area contributed by atoms with Crippen LogP contribution in [0.15, 0.2) is 68.1 Å². The van der Waals surface area contributed by atoms with Gasteiger partial charge >= 0.3 is 5.63 Å². The number of rotatable bonds is 12. The van der Waals surface area contributed by atoms with E-state index in [0.29, 0.717) is 47.0 Å². The van der Waals surface area contributed by atoms with Crippen LogP contribution in [0.2, 0.25) is 0 Å². The monoisotopic (exact) mass is 741 g/mol. The highest BCUT2D eigenvalue weighted by molar-refractivity contribution is 7.14. The minimum absolute atomic E-state index is 0.0629. The Morgan fingerprint density at radius 1 is 1.02 bits per heavy atom. The highest BCUT2D eigenvalue weighted by atomic mass is 32.1. The van der Waals surface area contributed by atoms with Gasteiger partial charge in [0, 0.05) is 66.4 Å². The van der Waals surface area contributed by atoms with E-state index in [0.717, 1.165) is 61.8 Å². The predicted octanol–water partition coefficient (Wildman–Crippen LogP) is 3.59. The minimum Gasteiger partial charge on any atom is -0.423 e. The number of hydrogen-bond acceptors (Lipinski definition) is 10. The number of carbonyl (C=O) groups is 3. The van der Waals surface area contributed by atoms with Gasteiger partial charge in [0.15, 0.2) is 11.1 Å². The third kappa shape index (κ3) is 9.21. The number of aliphatic imine (C=N–C) groups is 1. The van der Waals surface area contributed by atoms with Gasteiger partial charge in [-0.05, 0) is 75.5 Å². The molecule has 15 heteroatoms. The third-order valence-electron chi connectivity index (χ3n) is 9.99. The highest BCUT2D eigenvalue weighted by Crippen LogP contribution is 2.31. The quantitative estimate of drug-likeness (QED) is 0.0619. The maximum absolute atomic E-state index is 14.2. The molecule has 3 amide bonds. The molecule has 1 saturated carbocycles. The summed E-state index contributed by atoms with van der Waals surface area (Å²) in [6.07, 6.45) is 3.98. The number of nitrogens with two attached hydrogens (primary N) is 2. The lowest BCUT2D eigenvalue weighted by Crippen LogP contribution is -2.62. The van der Waals surface area contributed by atoms with Gasteiger partial charge < -0.3 is 41.6 Å². The molecule has 1 atom stereocenters. The molecule has 2 fully saturated rings. The fourth-order valence-electron chi connectivity index (χ4n) is 6.88. The van der Waals surface area contributed by atoms with E-state index in [-0.39, 0.29) is 24.8 Å². The maximum atomic E-state index is 14.2. The second kappa shape index (κ2) is 16.6. The molecule has 14 nitrogen and oxygen atoms in total. The zero-order valence-corrected chi connectivity index (χ0v) is 31.0. The molecule has 0 bridgehead atoms. The molecule has 1 aliphatic carbocycles. The molecular formula is C38H47N9O5S. The first-order valence-electron chi connectivity index (χ1n) is 18.0. The summed E-state index contributed by atoms with van der Waals surface area (Å²) in [5, 5.41) is 12.6. The van der Waals surface area contributed by atoms with Gasteiger partial charge in [0.05, 0.1) is 5.69 Å². The standard InChI is InChI=1S/C38H47N9O5S/c1-24-21-32(48)52-31-13-12-27(22-28(24)31)42-34(50)29(7-6-16-41-36(39)40)43-35(51)38(14-4-3-5-15-38)45-33(49)26-10-8-25(9-11-26)30-23-53-37(44-30)47-19-17-46(2)18-20-47/h8-13,21-23,29H,3-7,14-20H2,1-2H3,(H,42,50)(H,43,51)(H,45,49)(H4,39,40,41).